The van der Waals surface area contributed by atoms with Crippen molar-refractivity contribution < 1.29 is 0 Å². The molecule has 21 heavy (non-hydrogen) atoms. The summed E-state index contributed by atoms with van der Waals surface area (Å²) in [4.78, 5) is 11.5. The Morgan fingerprint density at radius 1 is 1.10 bits per heavy atom. The van der Waals surface area contributed by atoms with Gasteiger partial charge in [-0.05, 0) is 44.4 Å². The number of hydrogen-bond acceptors (Lipinski definition) is 4. The van der Waals surface area contributed by atoms with E-state index in [1.165, 1.54) is 44.9 Å². The molecule has 4 nitrogen and oxygen atoms in total. The van der Waals surface area contributed by atoms with Crippen LogP contribution in [0.2, 0.25) is 0 Å². The third-order valence-electron chi connectivity index (χ3n) is 5.14. The van der Waals surface area contributed by atoms with E-state index in [-0.39, 0.29) is 0 Å². The zero-order chi connectivity index (χ0) is 14.7. The molecule has 0 radical (unpaired) electrons. The Balaban J connectivity index is 1.52. The van der Waals surface area contributed by atoms with Gasteiger partial charge in [-0.3, -0.25) is 4.98 Å². The maximum atomic E-state index is 4.61. The second-order valence-electron chi connectivity index (χ2n) is 6.71. The summed E-state index contributed by atoms with van der Waals surface area (Å²) in [6.07, 6.45) is 13.1. The molecule has 0 aliphatic heterocycles. The van der Waals surface area contributed by atoms with Crippen molar-refractivity contribution in [2.24, 2.45) is 5.92 Å². The quantitative estimate of drug-likeness (QED) is 0.873. The molecule has 0 aromatic carbocycles. The predicted octanol–water partition coefficient (Wildman–Crippen LogP) is 3.13. The van der Waals surface area contributed by atoms with E-state index in [9.17, 15) is 0 Å². The molecule has 0 atom stereocenters. The predicted molar refractivity (Wildman–Crippen MR) is 86.3 cm³/mol. The van der Waals surface area contributed by atoms with Gasteiger partial charge in [-0.25, -0.2) is 4.98 Å². The van der Waals surface area contributed by atoms with Gasteiger partial charge >= 0.3 is 0 Å². The van der Waals surface area contributed by atoms with Gasteiger partial charge in [-0.15, -0.1) is 0 Å². The van der Waals surface area contributed by atoms with Crippen molar-refractivity contribution in [3.05, 3.63) is 18.1 Å². The molecule has 2 saturated carbocycles. The smallest absolute Gasteiger partial charge is 0.147 e. The van der Waals surface area contributed by atoms with Crippen LogP contribution in [0.5, 0.6) is 0 Å². The summed E-state index contributed by atoms with van der Waals surface area (Å²) in [6.45, 7) is 3.16. The molecule has 4 heteroatoms. The highest BCUT2D eigenvalue weighted by molar-refractivity contribution is 5.36. The number of aromatic nitrogens is 2. The van der Waals surface area contributed by atoms with Gasteiger partial charge in [0.2, 0.25) is 0 Å². The molecule has 0 amide bonds. The lowest BCUT2D eigenvalue weighted by molar-refractivity contribution is 0.313. The number of hydrogen-bond donors (Lipinski definition) is 1. The minimum atomic E-state index is 0.637. The van der Waals surface area contributed by atoms with Crippen molar-refractivity contribution in [1.82, 2.24) is 15.3 Å². The van der Waals surface area contributed by atoms with Crippen LogP contribution >= 0.6 is 0 Å². The first-order chi connectivity index (χ1) is 10.3. The Kier molecular flexibility index (Phi) is 4.73. The van der Waals surface area contributed by atoms with Crippen molar-refractivity contribution in [2.45, 2.75) is 70.5 Å². The van der Waals surface area contributed by atoms with Crippen LogP contribution in [-0.2, 0) is 6.54 Å². The molecule has 0 unspecified atom stereocenters. The third-order valence-corrected chi connectivity index (χ3v) is 5.14. The van der Waals surface area contributed by atoms with E-state index >= 15 is 0 Å². The maximum Gasteiger partial charge on any atom is 0.147 e. The van der Waals surface area contributed by atoms with Crippen molar-refractivity contribution >= 4 is 5.82 Å². The Labute approximate surface area is 128 Å². The van der Waals surface area contributed by atoms with E-state index in [0.29, 0.717) is 6.04 Å². The molecule has 3 rings (SSSR count). The lowest BCUT2D eigenvalue weighted by Crippen LogP contribution is -2.35. The molecular weight excluding hydrogens is 260 g/mol. The first kappa shape index (κ1) is 14.8. The van der Waals surface area contributed by atoms with Crippen molar-refractivity contribution in [3.8, 4) is 0 Å². The third kappa shape index (κ3) is 3.94. The number of rotatable bonds is 6. The van der Waals surface area contributed by atoms with Crippen molar-refractivity contribution in [2.75, 3.05) is 11.9 Å². The molecule has 2 aliphatic rings. The number of nitrogens with zero attached hydrogens (tertiary/aromatic N) is 3. The molecule has 1 heterocycles. The normalized spacial score (nSPS) is 25.8. The molecule has 116 valence electrons. The van der Waals surface area contributed by atoms with E-state index in [2.05, 4.69) is 34.2 Å². The van der Waals surface area contributed by atoms with Crippen LogP contribution in [0.3, 0.4) is 0 Å². The van der Waals surface area contributed by atoms with Crippen LogP contribution in [0.15, 0.2) is 12.4 Å². The molecule has 0 saturated heterocycles. The first-order valence-electron chi connectivity index (χ1n) is 8.53. The van der Waals surface area contributed by atoms with Crippen LogP contribution in [0.25, 0.3) is 0 Å². The number of anilines is 1. The molecular formula is C17H28N4. The van der Waals surface area contributed by atoms with E-state index in [4.69, 9.17) is 0 Å². The largest absolute Gasteiger partial charge is 0.355 e. The summed E-state index contributed by atoms with van der Waals surface area (Å²) in [5.74, 6) is 1.96. The average Bonchev–Trinajstić information content (AvgIpc) is 3.37. The minimum Gasteiger partial charge on any atom is -0.355 e. The van der Waals surface area contributed by atoms with Crippen molar-refractivity contribution in [3.63, 3.8) is 0 Å². The summed E-state index contributed by atoms with van der Waals surface area (Å²) in [5, 5.41) is 3.48. The highest BCUT2D eigenvalue weighted by Crippen LogP contribution is 2.30. The Bertz CT molecular complexity index is 433. The summed E-state index contributed by atoms with van der Waals surface area (Å²) in [6, 6.07) is 1.36. The fourth-order valence-electron chi connectivity index (χ4n) is 3.29. The fraction of sp³-hybridized carbons (Fsp3) is 0.765. The van der Waals surface area contributed by atoms with Crippen LogP contribution in [0.1, 0.15) is 57.6 Å². The van der Waals surface area contributed by atoms with Crippen LogP contribution in [0.4, 0.5) is 5.82 Å². The molecule has 1 aromatic heterocycles. The molecule has 0 spiro atoms. The van der Waals surface area contributed by atoms with Gasteiger partial charge in [0.15, 0.2) is 0 Å². The monoisotopic (exact) mass is 288 g/mol. The zero-order valence-electron chi connectivity index (χ0n) is 13.4. The standard InChI is InChI=1S/C17H28N4/c1-3-13-4-8-16(9-5-13)21(2)17-12-19-15(11-20-17)10-18-14-6-7-14/h11-14,16,18H,3-10H2,1-2H3. The molecule has 1 N–H and O–H groups in total. The maximum absolute atomic E-state index is 4.61. The van der Waals surface area contributed by atoms with E-state index in [1.807, 2.05) is 12.4 Å². The van der Waals surface area contributed by atoms with E-state index in [0.717, 1.165) is 30.0 Å². The average molecular weight is 288 g/mol. The van der Waals surface area contributed by atoms with Gasteiger partial charge in [0, 0.05) is 25.7 Å². The molecule has 2 aliphatic carbocycles. The lowest BCUT2D eigenvalue weighted by Gasteiger charge is -2.35. The van der Waals surface area contributed by atoms with Gasteiger partial charge in [0.25, 0.3) is 0 Å². The Morgan fingerprint density at radius 3 is 2.43 bits per heavy atom. The second kappa shape index (κ2) is 6.73. The molecule has 0 bridgehead atoms. The second-order valence-corrected chi connectivity index (χ2v) is 6.71. The molecule has 1 aromatic rings. The first-order valence-corrected chi connectivity index (χ1v) is 8.53. The Hall–Kier alpha value is -1.16. The summed E-state index contributed by atoms with van der Waals surface area (Å²) >= 11 is 0. The summed E-state index contributed by atoms with van der Waals surface area (Å²) in [7, 11) is 2.17. The lowest BCUT2D eigenvalue weighted by atomic mass is 9.84. The highest BCUT2D eigenvalue weighted by atomic mass is 15.2. The summed E-state index contributed by atoms with van der Waals surface area (Å²) in [5.41, 5.74) is 1.05. The van der Waals surface area contributed by atoms with Gasteiger partial charge in [0.1, 0.15) is 5.82 Å². The van der Waals surface area contributed by atoms with Crippen LogP contribution in [-0.4, -0.2) is 29.1 Å². The van der Waals surface area contributed by atoms with Gasteiger partial charge < -0.3 is 10.2 Å². The van der Waals surface area contributed by atoms with E-state index < -0.39 is 0 Å². The zero-order valence-corrected chi connectivity index (χ0v) is 13.4. The highest BCUT2D eigenvalue weighted by Gasteiger charge is 2.24. The minimum absolute atomic E-state index is 0.637. The van der Waals surface area contributed by atoms with Gasteiger partial charge in [0.05, 0.1) is 18.1 Å². The molecule has 2 fully saturated rings. The van der Waals surface area contributed by atoms with Crippen LogP contribution in [0, 0.1) is 5.92 Å². The SMILES string of the molecule is CCC1CCC(N(C)c2cnc(CNC3CC3)cn2)CC1. The summed E-state index contributed by atoms with van der Waals surface area (Å²) < 4.78 is 0. The fourth-order valence-corrected chi connectivity index (χ4v) is 3.29. The van der Waals surface area contributed by atoms with Crippen LogP contribution < -0.4 is 10.2 Å². The van der Waals surface area contributed by atoms with Gasteiger partial charge in [-0.2, -0.15) is 0 Å². The van der Waals surface area contributed by atoms with Crippen molar-refractivity contribution in [1.29, 1.82) is 0 Å². The topological polar surface area (TPSA) is 41.1 Å². The van der Waals surface area contributed by atoms with E-state index in [1.54, 1.807) is 0 Å². The van der Waals surface area contributed by atoms with Gasteiger partial charge in [-0.1, -0.05) is 13.3 Å². The number of nitrogens with one attached hydrogen (secondary N) is 1. The Morgan fingerprint density at radius 2 is 1.86 bits per heavy atom.